The Morgan fingerprint density at radius 3 is 2.85 bits per heavy atom. The lowest BCUT2D eigenvalue weighted by Crippen LogP contribution is -1.97. The molecule has 0 bridgehead atoms. The van der Waals surface area contributed by atoms with Crippen LogP contribution in [0.1, 0.15) is 12.8 Å². The molecule has 1 aromatic rings. The van der Waals surface area contributed by atoms with Crippen molar-refractivity contribution in [2.45, 2.75) is 18.9 Å². The maximum absolute atomic E-state index is 5.97. The minimum atomic E-state index is 0.393. The van der Waals surface area contributed by atoms with Crippen molar-refractivity contribution >= 4 is 17.3 Å². The summed E-state index contributed by atoms with van der Waals surface area (Å²) in [6.45, 7) is 0. The first-order valence-electron chi connectivity index (χ1n) is 4.43. The van der Waals surface area contributed by atoms with Crippen molar-refractivity contribution in [1.29, 1.82) is 0 Å². The highest BCUT2D eigenvalue weighted by molar-refractivity contribution is 6.32. The minimum Gasteiger partial charge on any atom is -0.489 e. The Bertz CT molecular complexity index is 310. The second kappa shape index (κ2) is 3.46. The lowest BCUT2D eigenvalue weighted by Gasteiger charge is -2.08. The molecule has 0 aromatic heterocycles. The van der Waals surface area contributed by atoms with Gasteiger partial charge in [0.05, 0.1) is 11.1 Å². The third-order valence-electron chi connectivity index (χ3n) is 2.04. The molecule has 13 heavy (non-hydrogen) atoms. The Labute approximate surface area is 82.9 Å². The summed E-state index contributed by atoms with van der Waals surface area (Å²) in [6, 6.07) is 5.72. The van der Waals surface area contributed by atoms with Crippen LogP contribution >= 0.6 is 11.6 Å². The number of anilines is 1. The standard InChI is InChI=1S/C10H12ClNO/c1-12-7-2-5-9(11)10(6-7)13-8-3-4-8/h2,5-6,8,12H,3-4H2,1H3. The van der Waals surface area contributed by atoms with Gasteiger partial charge in [0.2, 0.25) is 0 Å². The fourth-order valence-corrected chi connectivity index (χ4v) is 1.28. The summed E-state index contributed by atoms with van der Waals surface area (Å²) in [6.07, 6.45) is 2.70. The molecule has 2 nitrogen and oxygen atoms in total. The highest BCUT2D eigenvalue weighted by Crippen LogP contribution is 2.33. The van der Waals surface area contributed by atoms with Gasteiger partial charge < -0.3 is 10.1 Å². The normalized spacial score (nSPS) is 15.5. The predicted octanol–water partition coefficient (Wildman–Crippen LogP) is 2.92. The zero-order valence-corrected chi connectivity index (χ0v) is 8.27. The smallest absolute Gasteiger partial charge is 0.140 e. The van der Waals surface area contributed by atoms with Gasteiger partial charge in [-0.15, -0.1) is 0 Å². The molecule has 0 radical (unpaired) electrons. The van der Waals surface area contributed by atoms with Crippen LogP contribution in [0.2, 0.25) is 5.02 Å². The maximum atomic E-state index is 5.97. The topological polar surface area (TPSA) is 21.3 Å². The molecule has 1 aromatic carbocycles. The van der Waals surface area contributed by atoms with Crippen molar-refractivity contribution in [3.05, 3.63) is 23.2 Å². The highest BCUT2D eigenvalue weighted by Gasteiger charge is 2.24. The number of rotatable bonds is 3. The molecule has 0 amide bonds. The van der Waals surface area contributed by atoms with Crippen molar-refractivity contribution in [3.8, 4) is 5.75 Å². The summed E-state index contributed by atoms with van der Waals surface area (Å²) in [4.78, 5) is 0. The average molecular weight is 198 g/mol. The van der Waals surface area contributed by atoms with Gasteiger partial charge in [-0.2, -0.15) is 0 Å². The van der Waals surface area contributed by atoms with Crippen molar-refractivity contribution in [1.82, 2.24) is 0 Å². The van der Waals surface area contributed by atoms with Crippen LogP contribution < -0.4 is 10.1 Å². The zero-order chi connectivity index (χ0) is 9.26. The molecule has 70 valence electrons. The largest absolute Gasteiger partial charge is 0.489 e. The van der Waals surface area contributed by atoms with Crippen LogP contribution in [0.15, 0.2) is 18.2 Å². The van der Waals surface area contributed by atoms with Crippen molar-refractivity contribution in [3.63, 3.8) is 0 Å². The third kappa shape index (κ3) is 2.07. The van der Waals surface area contributed by atoms with E-state index < -0.39 is 0 Å². The second-order valence-electron chi connectivity index (χ2n) is 3.21. The number of hydrogen-bond acceptors (Lipinski definition) is 2. The van der Waals surface area contributed by atoms with Gasteiger partial charge in [0, 0.05) is 18.8 Å². The van der Waals surface area contributed by atoms with E-state index in [1.165, 1.54) is 0 Å². The number of nitrogens with one attached hydrogen (secondary N) is 1. The van der Waals surface area contributed by atoms with Gasteiger partial charge in [-0.1, -0.05) is 11.6 Å². The molecule has 1 N–H and O–H groups in total. The van der Waals surface area contributed by atoms with E-state index in [1.807, 2.05) is 25.2 Å². The van der Waals surface area contributed by atoms with E-state index in [0.717, 1.165) is 24.3 Å². The first-order valence-corrected chi connectivity index (χ1v) is 4.81. The lowest BCUT2D eigenvalue weighted by atomic mass is 10.3. The Kier molecular flexibility index (Phi) is 2.32. The fourth-order valence-electron chi connectivity index (χ4n) is 1.11. The number of benzene rings is 1. The van der Waals surface area contributed by atoms with Crippen molar-refractivity contribution in [2.24, 2.45) is 0 Å². The number of halogens is 1. The van der Waals surface area contributed by atoms with Gasteiger partial charge in [0.1, 0.15) is 5.75 Å². The Morgan fingerprint density at radius 1 is 1.46 bits per heavy atom. The second-order valence-corrected chi connectivity index (χ2v) is 3.62. The molecule has 1 fully saturated rings. The summed E-state index contributed by atoms with van der Waals surface area (Å²) in [7, 11) is 1.88. The zero-order valence-electron chi connectivity index (χ0n) is 7.51. The molecule has 1 saturated carbocycles. The molecule has 0 heterocycles. The molecule has 0 unspecified atom stereocenters. The molecule has 1 aliphatic rings. The fraction of sp³-hybridized carbons (Fsp3) is 0.400. The summed E-state index contributed by atoms with van der Waals surface area (Å²) in [5, 5.41) is 3.74. The molecule has 3 heteroatoms. The summed E-state index contributed by atoms with van der Waals surface area (Å²) >= 11 is 5.97. The monoisotopic (exact) mass is 197 g/mol. The van der Waals surface area contributed by atoms with Crippen LogP contribution in [0, 0.1) is 0 Å². The van der Waals surface area contributed by atoms with E-state index in [-0.39, 0.29) is 0 Å². The van der Waals surface area contributed by atoms with Crippen LogP contribution in [0.5, 0.6) is 5.75 Å². The Balaban J connectivity index is 2.19. The summed E-state index contributed by atoms with van der Waals surface area (Å²) < 4.78 is 5.63. The Morgan fingerprint density at radius 2 is 2.23 bits per heavy atom. The average Bonchev–Trinajstić information content (AvgIpc) is 2.93. The lowest BCUT2D eigenvalue weighted by molar-refractivity contribution is 0.303. The molecule has 2 rings (SSSR count). The predicted molar refractivity (Wildman–Crippen MR) is 54.6 cm³/mol. The van der Waals surface area contributed by atoms with E-state index >= 15 is 0 Å². The van der Waals surface area contributed by atoms with Crippen LogP contribution in [-0.4, -0.2) is 13.2 Å². The number of hydrogen-bond donors (Lipinski definition) is 1. The Hall–Kier alpha value is -0.890. The van der Waals surface area contributed by atoms with Gasteiger partial charge in [0.15, 0.2) is 0 Å². The molecule has 1 aliphatic carbocycles. The SMILES string of the molecule is CNc1ccc(Cl)c(OC2CC2)c1. The van der Waals surface area contributed by atoms with Crippen molar-refractivity contribution in [2.75, 3.05) is 12.4 Å². The maximum Gasteiger partial charge on any atom is 0.140 e. The van der Waals surface area contributed by atoms with Crippen molar-refractivity contribution < 1.29 is 4.74 Å². The molecule has 0 atom stereocenters. The quantitative estimate of drug-likeness (QED) is 0.805. The van der Waals surface area contributed by atoms with E-state index in [4.69, 9.17) is 16.3 Å². The summed E-state index contributed by atoms with van der Waals surface area (Å²) in [5.41, 5.74) is 1.03. The first-order chi connectivity index (χ1) is 6.29. The van der Waals surface area contributed by atoms with Gasteiger partial charge in [-0.25, -0.2) is 0 Å². The van der Waals surface area contributed by atoms with E-state index in [0.29, 0.717) is 11.1 Å². The molecule has 0 aliphatic heterocycles. The summed E-state index contributed by atoms with van der Waals surface area (Å²) in [5.74, 6) is 0.788. The molecule has 0 spiro atoms. The van der Waals surface area contributed by atoms with Crippen LogP contribution in [-0.2, 0) is 0 Å². The first kappa shape index (κ1) is 8.70. The third-order valence-corrected chi connectivity index (χ3v) is 2.35. The van der Waals surface area contributed by atoms with E-state index in [9.17, 15) is 0 Å². The van der Waals surface area contributed by atoms with Crippen LogP contribution in [0.25, 0.3) is 0 Å². The van der Waals surface area contributed by atoms with E-state index in [1.54, 1.807) is 0 Å². The molecule has 0 saturated heterocycles. The minimum absolute atomic E-state index is 0.393. The van der Waals surface area contributed by atoms with Gasteiger partial charge >= 0.3 is 0 Å². The highest BCUT2D eigenvalue weighted by atomic mass is 35.5. The van der Waals surface area contributed by atoms with Gasteiger partial charge in [-0.05, 0) is 25.0 Å². The molecular weight excluding hydrogens is 186 g/mol. The number of ether oxygens (including phenoxy) is 1. The van der Waals surface area contributed by atoms with Gasteiger partial charge in [-0.3, -0.25) is 0 Å². The van der Waals surface area contributed by atoms with Gasteiger partial charge in [0.25, 0.3) is 0 Å². The molecular formula is C10H12ClNO. The van der Waals surface area contributed by atoms with Crippen LogP contribution in [0.3, 0.4) is 0 Å². The van der Waals surface area contributed by atoms with E-state index in [2.05, 4.69) is 5.32 Å². The van der Waals surface area contributed by atoms with Crippen LogP contribution in [0.4, 0.5) is 5.69 Å².